The van der Waals surface area contributed by atoms with Crippen LogP contribution in [0.25, 0.3) is 0 Å². The van der Waals surface area contributed by atoms with Crippen LogP contribution in [0, 0.1) is 0 Å². The molecular weight excluding hydrogens is 292 g/mol. The number of rotatable bonds is 5. The van der Waals surface area contributed by atoms with Crippen LogP contribution in [0.2, 0.25) is 0 Å². The zero-order valence-electron chi connectivity index (χ0n) is 11.8. The molecule has 0 aromatic carbocycles. The lowest BCUT2D eigenvalue weighted by atomic mass is 10.4. The van der Waals surface area contributed by atoms with E-state index in [4.69, 9.17) is 14.0 Å². The molecule has 1 N–H and O–H groups in total. The van der Waals surface area contributed by atoms with Gasteiger partial charge in [0.1, 0.15) is 12.7 Å². The van der Waals surface area contributed by atoms with Crippen molar-refractivity contribution in [3.05, 3.63) is 18.7 Å². The average molecular weight is 308 g/mol. The van der Waals surface area contributed by atoms with Gasteiger partial charge in [-0.2, -0.15) is 5.10 Å². The number of morpholine rings is 1. The van der Waals surface area contributed by atoms with Gasteiger partial charge in [-0.15, -0.1) is 0 Å². The first-order valence-electron chi connectivity index (χ1n) is 6.89. The molecule has 0 atom stereocenters. The Morgan fingerprint density at radius 3 is 3.05 bits per heavy atom. The summed E-state index contributed by atoms with van der Waals surface area (Å²) >= 11 is 0. The number of hydrogen-bond donors (Lipinski definition) is 1. The predicted molar refractivity (Wildman–Crippen MR) is 73.6 cm³/mol. The van der Waals surface area contributed by atoms with Gasteiger partial charge >= 0.3 is 6.09 Å². The number of anilines is 1. The summed E-state index contributed by atoms with van der Waals surface area (Å²) < 4.78 is 17.1. The molecule has 0 saturated carbocycles. The maximum Gasteiger partial charge on any atom is 0.414 e. The maximum atomic E-state index is 11.6. The van der Waals surface area contributed by atoms with Gasteiger partial charge in [-0.25, -0.2) is 9.78 Å². The van der Waals surface area contributed by atoms with E-state index in [1.54, 1.807) is 17.1 Å². The second-order valence-electron chi connectivity index (χ2n) is 4.58. The Bertz CT molecular complexity index is 593. The minimum absolute atomic E-state index is 0.125. The Labute approximate surface area is 126 Å². The van der Waals surface area contributed by atoms with Gasteiger partial charge in [-0.3, -0.25) is 4.68 Å². The lowest BCUT2D eigenvalue weighted by Crippen LogP contribution is -2.35. The maximum absolute atomic E-state index is 11.6. The third kappa shape index (κ3) is 3.73. The molecule has 0 bridgehead atoms. The minimum atomic E-state index is -0.595. The van der Waals surface area contributed by atoms with Gasteiger partial charge in [0.2, 0.25) is 5.88 Å². The highest BCUT2D eigenvalue weighted by molar-refractivity contribution is 5.69. The number of carbonyl (C=O) groups is 1. The molecule has 10 heteroatoms. The lowest BCUT2D eigenvalue weighted by Gasteiger charge is -2.25. The molecule has 0 spiro atoms. The number of amides is 1. The third-order valence-corrected chi connectivity index (χ3v) is 3.07. The molecule has 1 aliphatic heterocycles. The first-order valence-corrected chi connectivity index (χ1v) is 6.89. The van der Waals surface area contributed by atoms with Crippen molar-refractivity contribution in [3.8, 4) is 5.88 Å². The van der Waals surface area contributed by atoms with Crippen LogP contribution in [-0.4, -0.2) is 58.9 Å². The second kappa shape index (κ2) is 6.89. The molecular formula is C12H16N6O4. The van der Waals surface area contributed by atoms with Crippen LogP contribution in [0.1, 0.15) is 0 Å². The Hall–Kier alpha value is -2.62. The van der Waals surface area contributed by atoms with E-state index in [1.165, 1.54) is 6.33 Å². The van der Waals surface area contributed by atoms with Crippen LogP contribution >= 0.6 is 0 Å². The average Bonchev–Trinajstić information content (AvgIpc) is 3.20. The quantitative estimate of drug-likeness (QED) is 0.815. The molecule has 1 amide bonds. The van der Waals surface area contributed by atoms with Gasteiger partial charge in [0, 0.05) is 19.6 Å². The van der Waals surface area contributed by atoms with Crippen LogP contribution in [0.4, 0.5) is 10.7 Å². The number of nitrogens with zero attached hydrogens (tertiary/aromatic N) is 5. The van der Waals surface area contributed by atoms with E-state index >= 15 is 0 Å². The van der Waals surface area contributed by atoms with E-state index in [0.717, 1.165) is 13.1 Å². The lowest BCUT2D eigenvalue weighted by molar-refractivity contribution is 0.120. The largest absolute Gasteiger partial charge is 0.414 e. The van der Waals surface area contributed by atoms with Crippen LogP contribution < -0.4 is 15.0 Å². The summed E-state index contributed by atoms with van der Waals surface area (Å²) in [5, 5.41) is 10.2. The summed E-state index contributed by atoms with van der Waals surface area (Å²) in [6, 6.07) is 1.59. The SMILES string of the molecule is O=C(NCCn1cncn1)Oc1cc(N2CCOCC2)on1. The molecule has 1 aliphatic rings. The number of nitrogens with one attached hydrogen (secondary N) is 1. The zero-order valence-corrected chi connectivity index (χ0v) is 11.8. The van der Waals surface area contributed by atoms with Crippen molar-refractivity contribution < 1.29 is 18.8 Å². The molecule has 3 heterocycles. The van der Waals surface area contributed by atoms with E-state index in [0.29, 0.717) is 32.2 Å². The van der Waals surface area contributed by atoms with Gasteiger partial charge in [0.25, 0.3) is 5.88 Å². The zero-order chi connectivity index (χ0) is 15.2. The Kier molecular flexibility index (Phi) is 4.49. The van der Waals surface area contributed by atoms with Gasteiger partial charge in [0.05, 0.1) is 25.8 Å². The Balaban J connectivity index is 1.44. The molecule has 2 aromatic rings. The van der Waals surface area contributed by atoms with Crippen molar-refractivity contribution >= 4 is 12.0 Å². The van der Waals surface area contributed by atoms with Crippen molar-refractivity contribution in [2.45, 2.75) is 6.54 Å². The summed E-state index contributed by atoms with van der Waals surface area (Å²) in [5.41, 5.74) is 0. The molecule has 0 aliphatic carbocycles. The van der Waals surface area contributed by atoms with Crippen molar-refractivity contribution in [1.29, 1.82) is 0 Å². The molecule has 0 radical (unpaired) electrons. The van der Waals surface area contributed by atoms with Gasteiger partial charge < -0.3 is 24.2 Å². The molecule has 1 saturated heterocycles. The topological polar surface area (TPSA) is 108 Å². The Morgan fingerprint density at radius 2 is 2.27 bits per heavy atom. The smallest absolute Gasteiger partial charge is 0.388 e. The van der Waals surface area contributed by atoms with Crippen LogP contribution in [0.5, 0.6) is 5.88 Å². The molecule has 10 nitrogen and oxygen atoms in total. The molecule has 0 unspecified atom stereocenters. The standard InChI is InChI=1S/C12H16N6O4/c19-12(14-1-2-18-9-13-8-15-18)21-10-7-11(22-16-10)17-3-5-20-6-4-17/h7-9H,1-6H2,(H,14,19). The third-order valence-electron chi connectivity index (χ3n) is 3.07. The Morgan fingerprint density at radius 1 is 1.41 bits per heavy atom. The van der Waals surface area contributed by atoms with E-state index in [1.807, 2.05) is 4.90 Å². The fraction of sp³-hybridized carbons (Fsp3) is 0.500. The summed E-state index contributed by atoms with van der Waals surface area (Å²) in [7, 11) is 0. The predicted octanol–water partition coefficient (Wildman–Crippen LogP) is -0.109. The fourth-order valence-corrected chi connectivity index (χ4v) is 1.98. The highest BCUT2D eigenvalue weighted by Gasteiger charge is 2.17. The molecule has 3 rings (SSSR count). The highest BCUT2D eigenvalue weighted by Crippen LogP contribution is 2.21. The van der Waals surface area contributed by atoms with Gasteiger partial charge in [0.15, 0.2) is 0 Å². The van der Waals surface area contributed by atoms with Crippen LogP contribution in [-0.2, 0) is 11.3 Å². The van der Waals surface area contributed by atoms with E-state index < -0.39 is 6.09 Å². The first-order chi connectivity index (χ1) is 10.8. The van der Waals surface area contributed by atoms with Gasteiger partial charge in [-0.05, 0) is 5.16 Å². The van der Waals surface area contributed by atoms with E-state index in [2.05, 4.69) is 20.6 Å². The number of ether oxygens (including phenoxy) is 2. The molecule has 118 valence electrons. The normalized spacial score (nSPS) is 14.8. The van der Waals surface area contributed by atoms with Crippen molar-refractivity contribution in [2.75, 3.05) is 37.7 Å². The first kappa shape index (κ1) is 14.3. The number of hydrogen-bond acceptors (Lipinski definition) is 8. The second-order valence-corrected chi connectivity index (χ2v) is 4.58. The summed E-state index contributed by atoms with van der Waals surface area (Å²) in [5.74, 6) is 0.688. The number of aromatic nitrogens is 4. The number of carbonyl (C=O) groups excluding carboxylic acids is 1. The summed E-state index contributed by atoms with van der Waals surface area (Å²) in [6.45, 7) is 3.60. The van der Waals surface area contributed by atoms with Crippen LogP contribution in [0.3, 0.4) is 0 Å². The van der Waals surface area contributed by atoms with E-state index in [9.17, 15) is 4.79 Å². The molecule has 1 fully saturated rings. The van der Waals surface area contributed by atoms with E-state index in [-0.39, 0.29) is 5.88 Å². The van der Waals surface area contributed by atoms with Crippen LogP contribution in [0.15, 0.2) is 23.2 Å². The van der Waals surface area contributed by atoms with Gasteiger partial charge in [-0.1, -0.05) is 0 Å². The summed E-state index contributed by atoms with van der Waals surface area (Å²) in [4.78, 5) is 17.4. The highest BCUT2D eigenvalue weighted by atomic mass is 16.6. The van der Waals surface area contributed by atoms with Crippen molar-refractivity contribution in [3.63, 3.8) is 0 Å². The molecule has 2 aromatic heterocycles. The monoisotopic (exact) mass is 308 g/mol. The summed E-state index contributed by atoms with van der Waals surface area (Å²) in [6.07, 6.45) is 2.40. The fourth-order valence-electron chi connectivity index (χ4n) is 1.98. The van der Waals surface area contributed by atoms with Crippen molar-refractivity contribution in [2.24, 2.45) is 0 Å². The molecule has 22 heavy (non-hydrogen) atoms. The minimum Gasteiger partial charge on any atom is -0.388 e. The van der Waals surface area contributed by atoms with Crippen molar-refractivity contribution in [1.82, 2.24) is 25.2 Å².